The van der Waals surface area contributed by atoms with Crippen molar-refractivity contribution in [3.8, 4) is 0 Å². The number of hydrogen-bond donors (Lipinski definition) is 2. The highest BCUT2D eigenvalue weighted by Crippen LogP contribution is 2.15. The topological polar surface area (TPSA) is 81.1 Å². The molecule has 2 rings (SSSR count). The summed E-state index contributed by atoms with van der Waals surface area (Å²) in [6, 6.07) is 10.0. The summed E-state index contributed by atoms with van der Waals surface area (Å²) in [5, 5.41) is 2.85. The van der Waals surface area contributed by atoms with Gasteiger partial charge in [-0.3, -0.25) is 4.79 Å². The molecule has 1 atom stereocenters. The van der Waals surface area contributed by atoms with E-state index >= 15 is 0 Å². The van der Waals surface area contributed by atoms with Crippen LogP contribution in [0, 0.1) is 0 Å². The minimum absolute atomic E-state index is 0.219. The maximum atomic E-state index is 12.0. The molecule has 1 aromatic carbocycles. The molecule has 23 heavy (non-hydrogen) atoms. The average molecular weight is 333 g/mol. The third-order valence-electron chi connectivity index (χ3n) is 3.31. The zero-order valence-electron chi connectivity index (χ0n) is 13.3. The number of nitrogens with one attached hydrogen (secondary N) is 1. The smallest absolute Gasteiger partial charge is 0.273 e. The van der Waals surface area contributed by atoms with Crippen LogP contribution in [0.25, 0.3) is 0 Å². The van der Waals surface area contributed by atoms with E-state index in [-0.39, 0.29) is 11.9 Å². The first kappa shape index (κ1) is 17.6. The number of hydrogen-bond acceptors (Lipinski definition) is 5. The number of thioether (sulfide) groups is 1. The Hall–Kier alpha value is -1.79. The molecule has 0 aliphatic carbocycles. The summed E-state index contributed by atoms with van der Waals surface area (Å²) in [5.74, 6) is 2.00. The molecule has 1 unspecified atom stereocenters. The largest absolute Gasteiger partial charge is 0.446 e. The van der Waals surface area contributed by atoms with Crippen molar-refractivity contribution in [3.05, 3.63) is 53.7 Å². The normalized spacial score (nSPS) is 12.1. The zero-order chi connectivity index (χ0) is 16.5. The summed E-state index contributed by atoms with van der Waals surface area (Å²) in [6.07, 6.45) is 3.11. The van der Waals surface area contributed by atoms with E-state index in [0.717, 1.165) is 24.3 Å². The van der Waals surface area contributed by atoms with Gasteiger partial charge in [0.05, 0.1) is 6.04 Å². The Morgan fingerprint density at radius 3 is 2.91 bits per heavy atom. The third kappa shape index (κ3) is 5.73. The highest BCUT2D eigenvalue weighted by molar-refractivity contribution is 7.98. The molecule has 6 heteroatoms. The monoisotopic (exact) mass is 333 g/mol. The van der Waals surface area contributed by atoms with E-state index in [1.165, 1.54) is 11.8 Å². The number of aromatic nitrogens is 1. The van der Waals surface area contributed by atoms with Crippen LogP contribution < -0.4 is 11.1 Å². The minimum atomic E-state index is -0.247. The molecule has 0 bridgehead atoms. The molecule has 0 radical (unpaired) electrons. The molecule has 0 aliphatic rings. The fraction of sp³-hybridized carbons (Fsp3) is 0.412. The van der Waals surface area contributed by atoms with E-state index in [1.807, 2.05) is 25.1 Å². The van der Waals surface area contributed by atoms with Gasteiger partial charge in [-0.1, -0.05) is 43.7 Å². The van der Waals surface area contributed by atoms with Crippen LogP contribution in [0.2, 0.25) is 0 Å². The summed E-state index contributed by atoms with van der Waals surface area (Å²) in [4.78, 5) is 16.2. The number of oxazole rings is 1. The minimum Gasteiger partial charge on any atom is -0.446 e. The lowest BCUT2D eigenvalue weighted by molar-refractivity contribution is 0.0951. The Balaban J connectivity index is 1.68. The third-order valence-corrected chi connectivity index (χ3v) is 4.35. The second-order valence-corrected chi connectivity index (χ2v) is 6.37. The van der Waals surface area contributed by atoms with Gasteiger partial charge in [-0.2, -0.15) is 11.8 Å². The van der Waals surface area contributed by atoms with Crippen molar-refractivity contribution in [2.24, 2.45) is 5.73 Å². The Kier molecular flexibility index (Phi) is 7.16. The lowest BCUT2D eigenvalue weighted by Gasteiger charge is -2.04. The molecule has 0 aliphatic heterocycles. The Morgan fingerprint density at radius 1 is 1.39 bits per heavy atom. The van der Waals surface area contributed by atoms with Gasteiger partial charge in [0.15, 0.2) is 5.69 Å². The lowest BCUT2D eigenvalue weighted by atomic mass is 10.2. The average Bonchev–Trinajstić information content (AvgIpc) is 3.06. The molecule has 1 amide bonds. The van der Waals surface area contributed by atoms with Crippen LogP contribution >= 0.6 is 11.8 Å². The first-order valence-corrected chi connectivity index (χ1v) is 8.97. The van der Waals surface area contributed by atoms with E-state index < -0.39 is 0 Å². The summed E-state index contributed by atoms with van der Waals surface area (Å²) in [6.45, 7) is 2.64. The highest BCUT2D eigenvalue weighted by Gasteiger charge is 2.16. The number of carbonyl (C=O) groups excluding carboxylic acids is 1. The number of amides is 1. The van der Waals surface area contributed by atoms with Crippen molar-refractivity contribution in [1.29, 1.82) is 0 Å². The van der Waals surface area contributed by atoms with Crippen molar-refractivity contribution in [2.45, 2.75) is 31.6 Å². The molecule has 2 aromatic rings. The van der Waals surface area contributed by atoms with Crippen LogP contribution in [0.4, 0.5) is 0 Å². The number of rotatable bonds is 9. The van der Waals surface area contributed by atoms with E-state index in [2.05, 4.69) is 22.4 Å². The molecule has 0 saturated carbocycles. The van der Waals surface area contributed by atoms with Crippen LogP contribution in [0.5, 0.6) is 0 Å². The molecular weight excluding hydrogens is 310 g/mol. The van der Waals surface area contributed by atoms with Crippen LogP contribution in [0.3, 0.4) is 0 Å². The fourth-order valence-electron chi connectivity index (χ4n) is 2.09. The van der Waals surface area contributed by atoms with Crippen molar-refractivity contribution >= 4 is 17.7 Å². The second kappa shape index (κ2) is 9.37. The fourth-order valence-corrected chi connectivity index (χ4v) is 2.91. The zero-order valence-corrected chi connectivity index (χ0v) is 14.1. The van der Waals surface area contributed by atoms with E-state index in [4.69, 9.17) is 10.2 Å². The predicted octanol–water partition coefficient (Wildman–Crippen LogP) is 3.14. The van der Waals surface area contributed by atoms with E-state index in [9.17, 15) is 4.79 Å². The van der Waals surface area contributed by atoms with Crippen molar-refractivity contribution < 1.29 is 9.21 Å². The maximum absolute atomic E-state index is 12.0. The Labute approximate surface area is 141 Å². The molecule has 1 aromatic heterocycles. The van der Waals surface area contributed by atoms with Gasteiger partial charge >= 0.3 is 0 Å². The number of nitrogens with two attached hydrogens (primary N) is 1. The van der Waals surface area contributed by atoms with Crippen molar-refractivity contribution in [1.82, 2.24) is 10.3 Å². The molecular formula is C17H23N3O2S. The van der Waals surface area contributed by atoms with Crippen LogP contribution in [0.15, 0.2) is 41.0 Å². The van der Waals surface area contributed by atoms with Gasteiger partial charge in [0.1, 0.15) is 6.26 Å². The molecule has 3 N–H and O–H groups in total. The Bertz CT molecular complexity index is 601. The molecule has 124 valence electrons. The SMILES string of the molecule is CCCC(N)c1nc(C(=O)NCCSCc2ccccc2)co1. The molecule has 1 heterocycles. The molecule has 0 spiro atoms. The van der Waals surface area contributed by atoms with Gasteiger partial charge in [-0.25, -0.2) is 4.98 Å². The van der Waals surface area contributed by atoms with Crippen molar-refractivity contribution in [3.63, 3.8) is 0 Å². The van der Waals surface area contributed by atoms with Gasteiger partial charge in [0.2, 0.25) is 5.89 Å². The quantitative estimate of drug-likeness (QED) is 0.689. The number of nitrogens with zero attached hydrogens (tertiary/aromatic N) is 1. The lowest BCUT2D eigenvalue weighted by Crippen LogP contribution is -2.26. The standard InChI is InChI=1S/C17H23N3O2S/c1-2-6-14(18)17-20-15(11-22-17)16(21)19-9-10-23-12-13-7-4-3-5-8-13/h3-5,7-8,11,14H,2,6,9-10,12,18H2,1H3,(H,19,21). The van der Waals surface area contributed by atoms with Gasteiger partial charge in [-0.05, 0) is 12.0 Å². The van der Waals surface area contributed by atoms with Gasteiger partial charge in [0, 0.05) is 18.1 Å². The molecule has 5 nitrogen and oxygen atoms in total. The predicted molar refractivity (Wildman–Crippen MR) is 93.3 cm³/mol. The van der Waals surface area contributed by atoms with Crippen LogP contribution in [-0.2, 0) is 5.75 Å². The van der Waals surface area contributed by atoms with Gasteiger partial charge in [0.25, 0.3) is 5.91 Å². The van der Waals surface area contributed by atoms with Crippen LogP contribution in [-0.4, -0.2) is 23.2 Å². The highest BCUT2D eigenvalue weighted by atomic mass is 32.2. The number of benzene rings is 1. The van der Waals surface area contributed by atoms with Gasteiger partial charge < -0.3 is 15.5 Å². The second-order valence-electron chi connectivity index (χ2n) is 5.26. The summed E-state index contributed by atoms with van der Waals surface area (Å²) >= 11 is 1.78. The first-order chi connectivity index (χ1) is 11.2. The van der Waals surface area contributed by atoms with Gasteiger partial charge in [-0.15, -0.1) is 0 Å². The van der Waals surface area contributed by atoms with Crippen LogP contribution in [0.1, 0.15) is 47.7 Å². The molecule has 0 saturated heterocycles. The summed E-state index contributed by atoms with van der Waals surface area (Å²) < 4.78 is 5.28. The first-order valence-electron chi connectivity index (χ1n) is 7.81. The van der Waals surface area contributed by atoms with E-state index in [0.29, 0.717) is 18.1 Å². The summed E-state index contributed by atoms with van der Waals surface area (Å²) in [5.41, 5.74) is 7.50. The van der Waals surface area contributed by atoms with E-state index in [1.54, 1.807) is 11.8 Å². The molecule has 0 fully saturated rings. The maximum Gasteiger partial charge on any atom is 0.273 e. The Morgan fingerprint density at radius 2 is 2.17 bits per heavy atom. The van der Waals surface area contributed by atoms with Crippen molar-refractivity contribution in [2.75, 3.05) is 12.3 Å². The summed E-state index contributed by atoms with van der Waals surface area (Å²) in [7, 11) is 0. The number of carbonyl (C=O) groups is 1.